The number of halogens is 1. The molecule has 0 radical (unpaired) electrons. The smallest absolute Gasteiger partial charge is 0.244 e. The molecule has 2 N–H and O–H groups in total. The predicted octanol–water partition coefficient (Wildman–Crippen LogP) is 4.71. The maximum Gasteiger partial charge on any atom is 0.244 e. The molecule has 2 amide bonds. The van der Waals surface area contributed by atoms with Crippen molar-refractivity contribution in [2.24, 2.45) is 0 Å². The quantitative estimate of drug-likeness (QED) is 0.488. The molecule has 30 heavy (non-hydrogen) atoms. The van der Waals surface area contributed by atoms with Crippen LogP contribution in [0.25, 0.3) is 6.08 Å². The summed E-state index contributed by atoms with van der Waals surface area (Å²) in [5.74, 6) is 0.859. The first-order valence-electron chi connectivity index (χ1n) is 9.75. The van der Waals surface area contributed by atoms with E-state index in [1.54, 1.807) is 13.2 Å². The molecule has 0 aliphatic rings. The molecule has 0 saturated heterocycles. The monoisotopic (exact) mass is 474 g/mol. The normalized spacial score (nSPS) is 10.7. The van der Waals surface area contributed by atoms with E-state index in [4.69, 9.17) is 9.47 Å². The molecule has 0 unspecified atom stereocenters. The summed E-state index contributed by atoms with van der Waals surface area (Å²) in [5, 5.41) is 5.56. The van der Waals surface area contributed by atoms with E-state index < -0.39 is 0 Å². The molecule has 0 atom stereocenters. The number of rotatable bonds is 10. The lowest BCUT2D eigenvalue weighted by Crippen LogP contribution is -2.26. The fourth-order valence-electron chi connectivity index (χ4n) is 2.59. The summed E-state index contributed by atoms with van der Waals surface area (Å²) in [6.07, 6.45) is 4.21. The average Bonchev–Trinajstić information content (AvgIpc) is 2.73. The van der Waals surface area contributed by atoms with E-state index in [2.05, 4.69) is 26.6 Å². The number of carbonyl (C=O) groups is 2. The van der Waals surface area contributed by atoms with Crippen LogP contribution in [0.3, 0.4) is 0 Å². The summed E-state index contributed by atoms with van der Waals surface area (Å²) >= 11 is 3.39. The SMILES string of the molecule is CCCOc1ccc(/C=C/C(=O)NCCC(=O)Nc2cc(Br)ccc2C)cc1OC. The lowest BCUT2D eigenvalue weighted by molar-refractivity contribution is -0.117. The molecule has 0 saturated carbocycles. The minimum atomic E-state index is -0.272. The molecule has 0 spiro atoms. The van der Waals surface area contributed by atoms with Crippen molar-refractivity contribution in [3.8, 4) is 11.5 Å². The van der Waals surface area contributed by atoms with Gasteiger partial charge in [0.1, 0.15) is 0 Å². The molecule has 2 rings (SSSR count). The van der Waals surface area contributed by atoms with Gasteiger partial charge in [-0.1, -0.05) is 35.0 Å². The number of benzene rings is 2. The highest BCUT2D eigenvalue weighted by Crippen LogP contribution is 2.28. The van der Waals surface area contributed by atoms with Gasteiger partial charge in [0, 0.05) is 29.2 Å². The second-order valence-corrected chi connectivity index (χ2v) is 7.56. The molecule has 0 fully saturated rings. The Morgan fingerprint density at radius 1 is 1.13 bits per heavy atom. The third-order valence-electron chi connectivity index (χ3n) is 4.20. The number of nitrogens with one attached hydrogen (secondary N) is 2. The molecular formula is C23H27BrN2O4. The van der Waals surface area contributed by atoms with E-state index in [-0.39, 0.29) is 24.8 Å². The number of ether oxygens (including phenoxy) is 2. The molecular weight excluding hydrogens is 448 g/mol. The Morgan fingerprint density at radius 2 is 1.93 bits per heavy atom. The fourth-order valence-corrected chi connectivity index (χ4v) is 2.95. The van der Waals surface area contributed by atoms with Crippen molar-refractivity contribution in [2.75, 3.05) is 25.6 Å². The predicted molar refractivity (Wildman–Crippen MR) is 123 cm³/mol. The molecule has 0 bridgehead atoms. The minimum Gasteiger partial charge on any atom is -0.493 e. The lowest BCUT2D eigenvalue weighted by atomic mass is 10.2. The molecule has 0 aliphatic heterocycles. The zero-order valence-electron chi connectivity index (χ0n) is 17.5. The zero-order chi connectivity index (χ0) is 21.9. The van der Waals surface area contributed by atoms with Gasteiger partial charge in [0.25, 0.3) is 0 Å². The number of anilines is 1. The van der Waals surface area contributed by atoms with E-state index in [1.807, 2.05) is 50.2 Å². The first kappa shape index (κ1) is 23.5. The van der Waals surface area contributed by atoms with Crippen molar-refractivity contribution in [3.05, 3.63) is 58.1 Å². The first-order valence-corrected chi connectivity index (χ1v) is 10.5. The van der Waals surface area contributed by atoms with Crippen LogP contribution in [-0.4, -0.2) is 32.1 Å². The van der Waals surface area contributed by atoms with E-state index >= 15 is 0 Å². The van der Waals surface area contributed by atoms with E-state index in [9.17, 15) is 9.59 Å². The highest BCUT2D eigenvalue weighted by Gasteiger charge is 2.07. The number of hydrogen-bond donors (Lipinski definition) is 2. The molecule has 0 heterocycles. The maximum atomic E-state index is 12.1. The van der Waals surface area contributed by atoms with Crippen molar-refractivity contribution in [2.45, 2.75) is 26.7 Å². The van der Waals surface area contributed by atoms with Crippen LogP contribution in [0.1, 0.15) is 30.9 Å². The number of amides is 2. The highest BCUT2D eigenvalue weighted by atomic mass is 79.9. The van der Waals surface area contributed by atoms with Crippen molar-refractivity contribution in [1.29, 1.82) is 0 Å². The zero-order valence-corrected chi connectivity index (χ0v) is 19.0. The van der Waals surface area contributed by atoms with Crippen molar-refractivity contribution in [1.82, 2.24) is 5.32 Å². The third kappa shape index (κ3) is 7.55. The standard InChI is InChI=1S/C23H27BrN2O4/c1-4-13-30-20-9-6-17(14-21(20)29-3)7-10-22(27)25-12-11-23(28)26-19-15-18(24)8-5-16(19)2/h5-10,14-15H,4,11-13H2,1-3H3,(H,25,27)(H,26,28)/b10-7+. The van der Waals surface area contributed by atoms with Gasteiger partial charge in [0.15, 0.2) is 11.5 Å². The molecule has 7 heteroatoms. The molecule has 2 aromatic rings. The molecule has 160 valence electrons. The summed E-state index contributed by atoms with van der Waals surface area (Å²) < 4.78 is 11.9. The van der Waals surface area contributed by atoms with Crippen LogP contribution >= 0.6 is 15.9 Å². The second kappa shape index (κ2) is 12.0. The van der Waals surface area contributed by atoms with Crippen LogP contribution in [-0.2, 0) is 9.59 Å². The van der Waals surface area contributed by atoms with Crippen LogP contribution < -0.4 is 20.1 Å². The van der Waals surface area contributed by atoms with Gasteiger partial charge in [-0.2, -0.15) is 0 Å². The Labute approximate surface area is 185 Å². The topological polar surface area (TPSA) is 76.7 Å². The highest BCUT2D eigenvalue weighted by molar-refractivity contribution is 9.10. The van der Waals surface area contributed by atoms with Crippen LogP contribution in [0.2, 0.25) is 0 Å². The summed E-state index contributed by atoms with van der Waals surface area (Å²) in [5.41, 5.74) is 2.54. The summed E-state index contributed by atoms with van der Waals surface area (Å²) in [6.45, 7) is 4.82. The Kier molecular flexibility index (Phi) is 9.41. The molecule has 0 aliphatic carbocycles. The summed E-state index contributed by atoms with van der Waals surface area (Å²) in [4.78, 5) is 24.1. The first-order chi connectivity index (χ1) is 14.4. The minimum absolute atomic E-state index is 0.159. The van der Waals surface area contributed by atoms with Crippen LogP contribution in [0.5, 0.6) is 11.5 Å². The van der Waals surface area contributed by atoms with E-state index in [0.717, 1.165) is 27.7 Å². The number of aryl methyl sites for hydroxylation is 1. The van der Waals surface area contributed by atoms with Crippen molar-refractivity contribution >= 4 is 39.5 Å². The molecule has 0 aromatic heterocycles. The largest absolute Gasteiger partial charge is 0.493 e. The van der Waals surface area contributed by atoms with Crippen LogP contribution in [0.4, 0.5) is 5.69 Å². The van der Waals surface area contributed by atoms with Gasteiger partial charge in [-0.3, -0.25) is 9.59 Å². The van der Waals surface area contributed by atoms with Gasteiger partial charge in [0.05, 0.1) is 13.7 Å². The lowest BCUT2D eigenvalue weighted by Gasteiger charge is -2.10. The van der Waals surface area contributed by atoms with Gasteiger partial charge in [-0.25, -0.2) is 0 Å². The maximum absolute atomic E-state index is 12.1. The number of methoxy groups -OCH3 is 1. The second-order valence-electron chi connectivity index (χ2n) is 6.64. The Hall–Kier alpha value is -2.80. The van der Waals surface area contributed by atoms with Gasteiger partial charge in [0.2, 0.25) is 11.8 Å². The van der Waals surface area contributed by atoms with Crippen LogP contribution in [0.15, 0.2) is 46.9 Å². The van der Waals surface area contributed by atoms with Crippen LogP contribution in [0, 0.1) is 6.92 Å². The number of hydrogen-bond acceptors (Lipinski definition) is 4. The molecule has 6 nitrogen and oxygen atoms in total. The van der Waals surface area contributed by atoms with E-state index in [0.29, 0.717) is 18.1 Å². The van der Waals surface area contributed by atoms with Gasteiger partial charge >= 0.3 is 0 Å². The van der Waals surface area contributed by atoms with Gasteiger partial charge in [-0.15, -0.1) is 0 Å². The van der Waals surface area contributed by atoms with Gasteiger partial charge < -0.3 is 20.1 Å². The van der Waals surface area contributed by atoms with Crippen molar-refractivity contribution in [3.63, 3.8) is 0 Å². The summed E-state index contributed by atoms with van der Waals surface area (Å²) in [6, 6.07) is 11.2. The Morgan fingerprint density at radius 3 is 2.67 bits per heavy atom. The number of carbonyl (C=O) groups excluding carboxylic acids is 2. The van der Waals surface area contributed by atoms with E-state index in [1.165, 1.54) is 6.08 Å². The Bertz CT molecular complexity index is 912. The summed E-state index contributed by atoms with van der Waals surface area (Å²) in [7, 11) is 1.58. The van der Waals surface area contributed by atoms with Crippen molar-refractivity contribution < 1.29 is 19.1 Å². The average molecular weight is 475 g/mol. The third-order valence-corrected chi connectivity index (χ3v) is 4.69. The Balaban J connectivity index is 1.82. The molecule has 2 aromatic carbocycles. The fraction of sp³-hybridized carbons (Fsp3) is 0.304. The van der Waals surface area contributed by atoms with Gasteiger partial charge in [-0.05, 0) is 54.8 Å².